The molecule has 2 saturated heterocycles. The summed E-state index contributed by atoms with van der Waals surface area (Å²) >= 11 is 0. The third-order valence-electron chi connectivity index (χ3n) is 9.05. The first-order valence-corrected chi connectivity index (χ1v) is 14.9. The number of rotatable bonds is 7. The van der Waals surface area contributed by atoms with Crippen molar-refractivity contribution in [1.82, 2.24) is 4.90 Å². The maximum atomic E-state index is 12.6. The summed E-state index contributed by atoms with van der Waals surface area (Å²) in [7, 11) is 0. The molecule has 2 bridgehead atoms. The zero-order chi connectivity index (χ0) is 28.6. The molecular formula is C35H42N2O4. The highest BCUT2D eigenvalue weighted by atomic mass is 16.7. The van der Waals surface area contributed by atoms with Gasteiger partial charge in [-0.25, -0.2) is 0 Å². The quantitative estimate of drug-likeness (QED) is 0.333. The van der Waals surface area contributed by atoms with Crippen LogP contribution in [0.15, 0.2) is 78.9 Å². The Balaban J connectivity index is 1.19. The molecule has 3 fully saturated rings. The average Bonchev–Trinajstić information content (AvgIpc) is 3.20. The molecule has 3 aromatic carbocycles. The highest BCUT2D eigenvalue weighted by molar-refractivity contribution is 6.04. The zero-order valence-electron chi connectivity index (χ0n) is 24.4. The molecule has 5 atom stereocenters. The Morgan fingerprint density at radius 1 is 0.927 bits per heavy atom. The van der Waals surface area contributed by atoms with E-state index in [2.05, 4.69) is 43.1 Å². The normalized spacial score (nSPS) is 29.3. The number of carbonyl (C=O) groups is 1. The lowest BCUT2D eigenvalue weighted by atomic mass is 9.65. The Morgan fingerprint density at radius 3 is 2.34 bits per heavy atom. The number of nitrogens with zero attached hydrogens (tertiary/aromatic N) is 1. The standard InChI is InChI=1S/C35H42N2O4/c1-34(2)18-29-19-35(3,22-34)23-37(29)20-30-17-31(25-11-9-24(21-38)10-12-25)41-33(40-30)27-13-15-28(16-14-27)36-32(39)26-7-5-4-6-8-26/h4-16,29-31,33,38H,17-23H2,1-3H3,(H,36,39)/t29?,30-,31+,33+,35?/m0/s1. The minimum absolute atomic E-state index is 0.0266. The summed E-state index contributed by atoms with van der Waals surface area (Å²) in [6, 6.07) is 25.6. The van der Waals surface area contributed by atoms with Crippen LogP contribution in [0.4, 0.5) is 5.69 Å². The Bertz CT molecular complexity index is 1340. The van der Waals surface area contributed by atoms with Gasteiger partial charge in [-0.1, -0.05) is 75.4 Å². The van der Waals surface area contributed by atoms with Gasteiger partial charge in [-0.2, -0.15) is 0 Å². The molecule has 0 radical (unpaired) electrons. The molecule has 3 aromatic rings. The molecule has 1 amide bonds. The molecule has 1 saturated carbocycles. The zero-order valence-corrected chi connectivity index (χ0v) is 24.4. The molecule has 6 heteroatoms. The molecule has 216 valence electrons. The van der Waals surface area contributed by atoms with Crippen LogP contribution in [0, 0.1) is 10.8 Å². The van der Waals surface area contributed by atoms with Gasteiger partial charge in [0.05, 0.1) is 18.8 Å². The first kappa shape index (κ1) is 28.1. The predicted octanol–water partition coefficient (Wildman–Crippen LogP) is 6.88. The SMILES string of the molecule is CC1(C)CC2CC(C)(CN2C[C@@H]2C[C@H](c3ccc(CO)cc3)O[C@H](c3ccc(NC(=O)c4ccccc4)cc3)O2)C1. The predicted molar refractivity (Wildman–Crippen MR) is 160 cm³/mol. The Hall–Kier alpha value is -3.03. The van der Waals surface area contributed by atoms with Crippen LogP contribution in [0.1, 0.15) is 85.9 Å². The molecule has 1 aliphatic carbocycles. The number of fused-ring (bicyclic) bond motifs is 2. The lowest BCUT2D eigenvalue weighted by Crippen LogP contribution is -2.42. The van der Waals surface area contributed by atoms with Crippen molar-refractivity contribution in [3.63, 3.8) is 0 Å². The van der Waals surface area contributed by atoms with Crippen LogP contribution >= 0.6 is 0 Å². The Morgan fingerprint density at radius 2 is 1.63 bits per heavy atom. The van der Waals surface area contributed by atoms with Gasteiger partial charge >= 0.3 is 0 Å². The van der Waals surface area contributed by atoms with Gasteiger partial charge in [0.25, 0.3) is 5.91 Å². The number of nitrogens with one attached hydrogen (secondary N) is 1. The molecule has 3 aliphatic rings. The Kier molecular flexibility index (Phi) is 7.77. The van der Waals surface area contributed by atoms with E-state index in [1.54, 1.807) is 12.1 Å². The van der Waals surface area contributed by atoms with Gasteiger partial charge < -0.3 is 19.9 Å². The number of aliphatic hydroxyl groups is 1. The number of benzene rings is 3. The first-order chi connectivity index (χ1) is 19.7. The van der Waals surface area contributed by atoms with Gasteiger partial charge in [0.2, 0.25) is 0 Å². The smallest absolute Gasteiger partial charge is 0.255 e. The fourth-order valence-corrected chi connectivity index (χ4v) is 7.60. The van der Waals surface area contributed by atoms with Crippen LogP contribution in [-0.2, 0) is 16.1 Å². The molecule has 2 N–H and O–H groups in total. The minimum Gasteiger partial charge on any atom is -0.392 e. The summed E-state index contributed by atoms with van der Waals surface area (Å²) in [5.41, 5.74) is 5.01. The number of hydrogen-bond acceptors (Lipinski definition) is 5. The fourth-order valence-electron chi connectivity index (χ4n) is 7.60. The van der Waals surface area contributed by atoms with Crippen LogP contribution < -0.4 is 5.32 Å². The number of amides is 1. The second-order valence-electron chi connectivity index (χ2n) is 13.4. The van der Waals surface area contributed by atoms with E-state index in [4.69, 9.17) is 9.47 Å². The molecule has 0 spiro atoms. The molecule has 2 unspecified atom stereocenters. The molecular weight excluding hydrogens is 512 g/mol. The van der Waals surface area contributed by atoms with Gasteiger partial charge in [-0.05, 0) is 65.5 Å². The van der Waals surface area contributed by atoms with Crippen molar-refractivity contribution in [2.45, 2.75) is 77.6 Å². The molecule has 6 nitrogen and oxygen atoms in total. The van der Waals surface area contributed by atoms with E-state index in [9.17, 15) is 9.90 Å². The number of hydrogen-bond donors (Lipinski definition) is 2. The van der Waals surface area contributed by atoms with Crippen molar-refractivity contribution in [2.24, 2.45) is 10.8 Å². The highest BCUT2D eigenvalue weighted by Crippen LogP contribution is 2.53. The summed E-state index contributed by atoms with van der Waals surface area (Å²) in [6.45, 7) is 9.33. The minimum atomic E-state index is -0.510. The van der Waals surface area contributed by atoms with Crippen LogP contribution in [0.3, 0.4) is 0 Å². The summed E-state index contributed by atoms with van der Waals surface area (Å²) in [5.74, 6) is -0.136. The van der Waals surface area contributed by atoms with E-state index in [1.807, 2.05) is 54.6 Å². The summed E-state index contributed by atoms with van der Waals surface area (Å²) < 4.78 is 13.2. The second-order valence-corrected chi connectivity index (χ2v) is 13.4. The van der Waals surface area contributed by atoms with Crippen molar-refractivity contribution in [3.8, 4) is 0 Å². The second kappa shape index (κ2) is 11.3. The highest BCUT2D eigenvalue weighted by Gasteiger charge is 2.50. The molecule has 41 heavy (non-hydrogen) atoms. The number of carbonyl (C=O) groups excluding carboxylic acids is 1. The van der Waals surface area contributed by atoms with Crippen LogP contribution in [0.2, 0.25) is 0 Å². The molecule has 6 rings (SSSR count). The van der Waals surface area contributed by atoms with E-state index in [1.165, 1.54) is 19.3 Å². The summed E-state index contributed by atoms with van der Waals surface area (Å²) in [5, 5.41) is 12.5. The van der Waals surface area contributed by atoms with Crippen molar-refractivity contribution < 1.29 is 19.4 Å². The third-order valence-corrected chi connectivity index (χ3v) is 9.05. The third kappa shape index (κ3) is 6.41. The number of likely N-dealkylation sites (tertiary alicyclic amines) is 1. The topological polar surface area (TPSA) is 71.0 Å². The average molecular weight is 555 g/mol. The summed E-state index contributed by atoms with van der Waals surface area (Å²) in [6.07, 6.45) is 3.96. The van der Waals surface area contributed by atoms with Crippen molar-refractivity contribution in [2.75, 3.05) is 18.4 Å². The number of aliphatic hydroxyl groups excluding tert-OH is 1. The number of ether oxygens (including phenoxy) is 2. The van der Waals surface area contributed by atoms with E-state index in [0.717, 1.165) is 41.9 Å². The lowest BCUT2D eigenvalue weighted by Gasteiger charge is -2.41. The van der Waals surface area contributed by atoms with Gasteiger partial charge in [-0.15, -0.1) is 0 Å². The lowest BCUT2D eigenvalue weighted by molar-refractivity contribution is -0.253. The van der Waals surface area contributed by atoms with Crippen molar-refractivity contribution in [1.29, 1.82) is 0 Å². The number of anilines is 1. The fraction of sp³-hybridized carbons (Fsp3) is 0.457. The monoisotopic (exact) mass is 554 g/mol. The van der Waals surface area contributed by atoms with Crippen LogP contribution in [-0.4, -0.2) is 41.1 Å². The van der Waals surface area contributed by atoms with Gasteiger partial charge in [0, 0.05) is 42.4 Å². The van der Waals surface area contributed by atoms with E-state index in [-0.39, 0.29) is 24.7 Å². The van der Waals surface area contributed by atoms with Gasteiger partial charge in [-0.3, -0.25) is 9.69 Å². The van der Waals surface area contributed by atoms with Gasteiger partial charge in [0.1, 0.15) is 0 Å². The van der Waals surface area contributed by atoms with Crippen molar-refractivity contribution >= 4 is 11.6 Å². The summed E-state index contributed by atoms with van der Waals surface area (Å²) in [4.78, 5) is 15.3. The maximum absolute atomic E-state index is 12.6. The van der Waals surface area contributed by atoms with Crippen molar-refractivity contribution in [3.05, 3.63) is 101 Å². The van der Waals surface area contributed by atoms with E-state index >= 15 is 0 Å². The van der Waals surface area contributed by atoms with E-state index < -0.39 is 6.29 Å². The van der Waals surface area contributed by atoms with Crippen LogP contribution in [0.5, 0.6) is 0 Å². The van der Waals surface area contributed by atoms with Crippen LogP contribution in [0.25, 0.3) is 0 Å². The maximum Gasteiger partial charge on any atom is 0.255 e. The molecule has 2 heterocycles. The Labute approximate surface area is 243 Å². The van der Waals surface area contributed by atoms with Gasteiger partial charge in [0.15, 0.2) is 6.29 Å². The largest absolute Gasteiger partial charge is 0.392 e. The first-order valence-electron chi connectivity index (χ1n) is 14.9. The molecule has 2 aliphatic heterocycles. The van der Waals surface area contributed by atoms with E-state index in [0.29, 0.717) is 22.4 Å². The molecule has 0 aromatic heterocycles.